The molecule has 3 heteroatoms. The molecule has 0 aliphatic carbocycles. The van der Waals surface area contributed by atoms with Gasteiger partial charge in [-0.1, -0.05) is 249 Å². The summed E-state index contributed by atoms with van der Waals surface area (Å²) >= 11 is 0. The summed E-state index contributed by atoms with van der Waals surface area (Å²) in [6, 6.07) is 109. The van der Waals surface area contributed by atoms with Crippen molar-refractivity contribution in [2.45, 2.75) is 0 Å². The molecule has 2 nitrogen and oxygen atoms in total. The molecule has 13 aromatic carbocycles. The molecule has 0 bridgehead atoms. The molecule has 0 amide bonds. The summed E-state index contributed by atoms with van der Waals surface area (Å²) in [6.45, 7) is 0. The van der Waals surface area contributed by atoms with Crippen molar-refractivity contribution in [2.24, 2.45) is 0 Å². The van der Waals surface area contributed by atoms with Gasteiger partial charge in [0.1, 0.15) is 11.2 Å². The molecule has 1 heterocycles. The van der Waals surface area contributed by atoms with E-state index in [1.54, 1.807) is 0 Å². The molecular weight excluding hydrogens is 923 g/mol. The van der Waals surface area contributed by atoms with Gasteiger partial charge in [-0.3, -0.25) is 0 Å². The van der Waals surface area contributed by atoms with Gasteiger partial charge in [0.2, 0.25) is 0 Å². The fourth-order valence-electron chi connectivity index (χ4n) is 11.9. The van der Waals surface area contributed by atoms with Gasteiger partial charge in [0.25, 0.3) is 0 Å². The van der Waals surface area contributed by atoms with Crippen LogP contribution in [0.2, 0.25) is 0 Å². The number of fused-ring (bicyclic) bond motifs is 9. The summed E-state index contributed by atoms with van der Waals surface area (Å²) in [5.41, 5.74) is 11.9. The van der Waals surface area contributed by atoms with Crippen LogP contribution in [-0.4, -0.2) is 8.07 Å². The first kappa shape index (κ1) is 44.2. The summed E-state index contributed by atoms with van der Waals surface area (Å²) in [5.74, 6) is 0. The van der Waals surface area contributed by atoms with Crippen molar-refractivity contribution >= 4 is 100 Å². The number of rotatable bonds is 10. The standard InChI is InChI=1S/C72H49NOSi/c1-4-17-58(18-5-1)75(59-19-6-2-7-20-59,60-21-8-3-9-22-60)61-46-37-51(38-47-61)50-31-40-55(41-32-50)73(57-44-35-53(36-45-57)62-28-16-29-69-68-27-14-15-30-71(68)74-72(62)69)56-42-33-52(34-43-56)54-39-48-67-65-25-11-10-23-63(65)64-24-12-13-26-66(64)70(67)49-54/h1-49H. The zero-order chi connectivity index (χ0) is 49.7. The third kappa shape index (κ3) is 7.55. The summed E-state index contributed by atoms with van der Waals surface area (Å²) in [4.78, 5) is 2.36. The largest absolute Gasteiger partial charge is 0.455 e. The Kier molecular flexibility index (Phi) is 10.9. The van der Waals surface area contributed by atoms with E-state index in [0.717, 1.165) is 55.7 Å². The first-order valence-corrected chi connectivity index (χ1v) is 27.8. The number of hydrogen-bond acceptors (Lipinski definition) is 2. The Bertz CT molecular complexity index is 4230. The molecule has 0 unspecified atom stereocenters. The highest BCUT2D eigenvalue weighted by atomic mass is 28.3. The van der Waals surface area contributed by atoms with Crippen molar-refractivity contribution in [1.82, 2.24) is 0 Å². The summed E-state index contributed by atoms with van der Waals surface area (Å²) in [6.07, 6.45) is 0. The average Bonchev–Trinajstić information content (AvgIpc) is 3.89. The maximum absolute atomic E-state index is 6.49. The van der Waals surface area contributed by atoms with E-state index in [-0.39, 0.29) is 0 Å². The van der Waals surface area contributed by atoms with E-state index >= 15 is 0 Å². The van der Waals surface area contributed by atoms with Gasteiger partial charge in [0.15, 0.2) is 8.07 Å². The Labute approximate surface area is 437 Å². The van der Waals surface area contributed by atoms with Crippen molar-refractivity contribution < 1.29 is 4.42 Å². The second kappa shape index (κ2) is 18.5. The number of para-hydroxylation sites is 2. The van der Waals surface area contributed by atoms with E-state index in [1.807, 2.05) is 12.1 Å². The lowest BCUT2D eigenvalue weighted by Crippen LogP contribution is -2.74. The lowest BCUT2D eigenvalue weighted by atomic mass is 9.92. The lowest BCUT2D eigenvalue weighted by Gasteiger charge is -2.34. The summed E-state index contributed by atoms with van der Waals surface area (Å²) in [5, 5.41) is 15.4. The van der Waals surface area contributed by atoms with Gasteiger partial charge in [-0.05, 0) is 129 Å². The second-order valence-electron chi connectivity index (χ2n) is 19.5. The van der Waals surface area contributed by atoms with Crippen LogP contribution in [0.5, 0.6) is 0 Å². The zero-order valence-electron chi connectivity index (χ0n) is 41.1. The minimum atomic E-state index is -2.64. The third-order valence-electron chi connectivity index (χ3n) is 15.4. The Balaban J connectivity index is 0.843. The maximum Gasteiger partial charge on any atom is 0.179 e. The highest BCUT2D eigenvalue weighted by Crippen LogP contribution is 2.41. The zero-order valence-corrected chi connectivity index (χ0v) is 42.1. The van der Waals surface area contributed by atoms with E-state index in [4.69, 9.17) is 4.42 Å². The molecule has 352 valence electrons. The first-order valence-electron chi connectivity index (χ1n) is 25.8. The van der Waals surface area contributed by atoms with Crippen LogP contribution in [0, 0.1) is 0 Å². The molecule has 0 saturated carbocycles. The molecule has 0 atom stereocenters. The Hall–Kier alpha value is -9.54. The van der Waals surface area contributed by atoms with Crippen molar-refractivity contribution in [3.05, 3.63) is 297 Å². The first-order chi connectivity index (χ1) is 37.2. The Morgan fingerprint density at radius 2 is 0.600 bits per heavy atom. The van der Waals surface area contributed by atoms with Crippen LogP contribution in [-0.2, 0) is 0 Å². The Morgan fingerprint density at radius 1 is 0.240 bits per heavy atom. The van der Waals surface area contributed by atoms with E-state index in [0.29, 0.717) is 0 Å². The van der Waals surface area contributed by atoms with Crippen LogP contribution in [0.3, 0.4) is 0 Å². The quantitative estimate of drug-likeness (QED) is 0.0771. The molecule has 14 rings (SSSR count). The van der Waals surface area contributed by atoms with Crippen LogP contribution in [0.15, 0.2) is 302 Å². The van der Waals surface area contributed by atoms with E-state index in [1.165, 1.54) is 69.8 Å². The van der Waals surface area contributed by atoms with E-state index in [2.05, 4.69) is 290 Å². The highest BCUT2D eigenvalue weighted by Gasteiger charge is 2.41. The lowest BCUT2D eigenvalue weighted by molar-refractivity contribution is 0.670. The van der Waals surface area contributed by atoms with Crippen LogP contribution in [0.25, 0.3) is 87.6 Å². The minimum absolute atomic E-state index is 0.901. The van der Waals surface area contributed by atoms with Crippen LogP contribution in [0.1, 0.15) is 0 Å². The fourth-order valence-corrected chi connectivity index (χ4v) is 16.6. The summed E-state index contributed by atoms with van der Waals surface area (Å²) < 4.78 is 6.49. The van der Waals surface area contributed by atoms with Crippen LogP contribution < -0.4 is 25.6 Å². The molecule has 0 N–H and O–H groups in total. The third-order valence-corrected chi connectivity index (χ3v) is 20.2. The van der Waals surface area contributed by atoms with Crippen molar-refractivity contribution in [2.75, 3.05) is 4.90 Å². The molecule has 0 radical (unpaired) electrons. The Morgan fingerprint density at radius 3 is 1.11 bits per heavy atom. The van der Waals surface area contributed by atoms with Gasteiger partial charge < -0.3 is 9.32 Å². The number of furan rings is 1. The predicted octanol–water partition coefficient (Wildman–Crippen LogP) is 16.9. The molecule has 0 spiro atoms. The molecule has 1 aromatic heterocycles. The minimum Gasteiger partial charge on any atom is -0.455 e. The molecule has 0 fully saturated rings. The highest BCUT2D eigenvalue weighted by molar-refractivity contribution is 7.19. The second-order valence-corrected chi connectivity index (χ2v) is 23.3. The van der Waals surface area contributed by atoms with E-state index in [9.17, 15) is 0 Å². The fraction of sp³-hybridized carbons (Fsp3) is 0. The monoisotopic (exact) mass is 971 g/mol. The van der Waals surface area contributed by atoms with Gasteiger partial charge >= 0.3 is 0 Å². The molecule has 0 aliphatic rings. The van der Waals surface area contributed by atoms with Gasteiger partial charge in [-0.25, -0.2) is 0 Å². The predicted molar refractivity (Wildman–Crippen MR) is 321 cm³/mol. The average molecular weight is 972 g/mol. The van der Waals surface area contributed by atoms with Gasteiger partial charge in [-0.2, -0.15) is 0 Å². The maximum atomic E-state index is 6.49. The number of hydrogen-bond donors (Lipinski definition) is 0. The molecule has 0 saturated heterocycles. The van der Waals surface area contributed by atoms with Crippen molar-refractivity contribution in [3.8, 4) is 33.4 Å². The van der Waals surface area contributed by atoms with Gasteiger partial charge in [-0.15, -0.1) is 0 Å². The normalized spacial score (nSPS) is 11.7. The molecule has 0 aliphatic heterocycles. The SMILES string of the molecule is c1ccc([Si](c2ccccc2)(c2ccccc2)c2ccc(-c3ccc(N(c4ccc(-c5ccc6c7ccccc7c7ccccc7c6c5)cc4)c4ccc(-c5cccc6c5oc5ccccc56)cc4)cc3)cc2)cc1. The van der Waals surface area contributed by atoms with Crippen LogP contribution in [0.4, 0.5) is 17.1 Å². The summed E-state index contributed by atoms with van der Waals surface area (Å²) in [7, 11) is -2.64. The molecule has 14 aromatic rings. The number of nitrogens with zero attached hydrogens (tertiary/aromatic N) is 1. The van der Waals surface area contributed by atoms with Crippen LogP contribution >= 0.6 is 0 Å². The smallest absolute Gasteiger partial charge is 0.179 e. The van der Waals surface area contributed by atoms with Gasteiger partial charge in [0.05, 0.1) is 0 Å². The van der Waals surface area contributed by atoms with E-state index < -0.39 is 8.07 Å². The van der Waals surface area contributed by atoms with Crippen molar-refractivity contribution in [1.29, 1.82) is 0 Å². The van der Waals surface area contributed by atoms with Gasteiger partial charge in [0, 0.05) is 33.4 Å². The molecule has 75 heavy (non-hydrogen) atoms. The molecular formula is C72H49NOSi. The number of anilines is 3. The topological polar surface area (TPSA) is 16.4 Å². The number of benzene rings is 13. The van der Waals surface area contributed by atoms with Crippen molar-refractivity contribution in [3.63, 3.8) is 0 Å².